The van der Waals surface area contributed by atoms with Crippen LogP contribution in [0.15, 0.2) is 79.1 Å². The summed E-state index contributed by atoms with van der Waals surface area (Å²) in [5, 5.41) is 4.31. The minimum absolute atomic E-state index is 0.649. The molecular weight excluding hydrogens is 308 g/mol. The highest BCUT2D eigenvalue weighted by Crippen LogP contribution is 2.23. The molecule has 4 aromatic rings. The van der Waals surface area contributed by atoms with Crippen molar-refractivity contribution in [3.05, 3.63) is 84.8 Å². The summed E-state index contributed by atoms with van der Waals surface area (Å²) in [5.41, 5.74) is 4.37. The van der Waals surface area contributed by atoms with E-state index in [9.17, 15) is 0 Å². The van der Waals surface area contributed by atoms with E-state index in [0.29, 0.717) is 5.95 Å². The molecule has 0 spiro atoms. The number of rotatable bonds is 5. The van der Waals surface area contributed by atoms with Crippen LogP contribution < -0.4 is 5.32 Å². The number of hydrogen-bond donors (Lipinski definition) is 1. The third kappa shape index (κ3) is 3.63. The van der Waals surface area contributed by atoms with Gasteiger partial charge in [0.25, 0.3) is 0 Å². The summed E-state index contributed by atoms with van der Waals surface area (Å²) >= 11 is 0. The van der Waals surface area contributed by atoms with Gasteiger partial charge in [-0.15, -0.1) is 0 Å². The first-order chi connectivity index (χ1) is 12.4. The molecule has 4 heteroatoms. The van der Waals surface area contributed by atoms with Crippen LogP contribution in [0, 0.1) is 0 Å². The molecule has 0 unspecified atom stereocenters. The van der Waals surface area contributed by atoms with Gasteiger partial charge in [0.2, 0.25) is 5.95 Å². The van der Waals surface area contributed by atoms with Gasteiger partial charge in [-0.25, -0.2) is 9.97 Å². The molecule has 122 valence electrons. The molecule has 4 nitrogen and oxygen atoms in total. The van der Waals surface area contributed by atoms with Crippen molar-refractivity contribution >= 4 is 16.9 Å². The van der Waals surface area contributed by atoms with E-state index in [0.717, 1.165) is 29.6 Å². The first-order valence-corrected chi connectivity index (χ1v) is 8.34. The maximum Gasteiger partial charge on any atom is 0.223 e. The molecule has 1 N–H and O–H groups in total. The Bertz CT molecular complexity index is 969. The molecule has 0 radical (unpaired) electrons. The molecule has 0 aliphatic heterocycles. The van der Waals surface area contributed by atoms with E-state index in [1.807, 2.05) is 54.9 Å². The van der Waals surface area contributed by atoms with Crippen molar-refractivity contribution in [2.24, 2.45) is 0 Å². The van der Waals surface area contributed by atoms with Crippen LogP contribution in [0.1, 0.15) is 5.69 Å². The predicted octanol–water partition coefficient (Wildman–Crippen LogP) is 4.35. The largest absolute Gasteiger partial charge is 0.354 e. The molecule has 0 saturated heterocycles. The molecule has 0 aliphatic rings. The van der Waals surface area contributed by atoms with Crippen molar-refractivity contribution < 1.29 is 0 Å². The fourth-order valence-corrected chi connectivity index (χ4v) is 2.78. The van der Waals surface area contributed by atoms with Crippen molar-refractivity contribution in [1.82, 2.24) is 15.0 Å². The summed E-state index contributed by atoms with van der Waals surface area (Å²) in [4.78, 5) is 13.3. The molecule has 0 saturated carbocycles. The minimum Gasteiger partial charge on any atom is -0.354 e. The van der Waals surface area contributed by atoms with E-state index in [-0.39, 0.29) is 0 Å². The Labute approximate surface area is 146 Å². The van der Waals surface area contributed by atoms with Crippen LogP contribution in [0.4, 0.5) is 5.95 Å². The van der Waals surface area contributed by atoms with Crippen molar-refractivity contribution in [2.45, 2.75) is 6.42 Å². The van der Waals surface area contributed by atoms with Crippen LogP contribution in [-0.4, -0.2) is 21.5 Å². The summed E-state index contributed by atoms with van der Waals surface area (Å²) in [6, 6.07) is 22.5. The number of benzene rings is 2. The van der Waals surface area contributed by atoms with Gasteiger partial charge >= 0.3 is 0 Å². The van der Waals surface area contributed by atoms with Crippen LogP contribution >= 0.6 is 0 Å². The summed E-state index contributed by atoms with van der Waals surface area (Å²) in [7, 11) is 0. The highest BCUT2D eigenvalue weighted by Gasteiger charge is 2.03. The average molecular weight is 326 g/mol. The van der Waals surface area contributed by atoms with Gasteiger partial charge in [-0.3, -0.25) is 4.98 Å². The van der Waals surface area contributed by atoms with Crippen molar-refractivity contribution in [3.63, 3.8) is 0 Å². The Hall–Kier alpha value is -3.27. The molecule has 2 aromatic carbocycles. The van der Waals surface area contributed by atoms with Crippen LogP contribution in [0.2, 0.25) is 0 Å². The number of anilines is 1. The number of nitrogens with zero attached hydrogens (tertiary/aromatic N) is 3. The van der Waals surface area contributed by atoms with E-state index < -0.39 is 0 Å². The quantitative estimate of drug-likeness (QED) is 0.592. The zero-order valence-corrected chi connectivity index (χ0v) is 13.8. The molecule has 0 atom stereocenters. The summed E-state index contributed by atoms with van der Waals surface area (Å²) in [6.07, 6.45) is 4.53. The molecule has 0 bridgehead atoms. The Kier molecular flexibility index (Phi) is 4.33. The Morgan fingerprint density at radius 1 is 0.800 bits per heavy atom. The second kappa shape index (κ2) is 7.09. The minimum atomic E-state index is 0.649. The van der Waals surface area contributed by atoms with Crippen molar-refractivity contribution in [1.29, 1.82) is 0 Å². The molecule has 2 aromatic heterocycles. The molecule has 0 aliphatic carbocycles. The van der Waals surface area contributed by atoms with Gasteiger partial charge < -0.3 is 5.32 Å². The first-order valence-electron chi connectivity index (χ1n) is 8.34. The topological polar surface area (TPSA) is 50.7 Å². The van der Waals surface area contributed by atoms with Crippen molar-refractivity contribution in [2.75, 3.05) is 11.9 Å². The molecule has 4 rings (SSSR count). The number of pyridine rings is 1. The smallest absolute Gasteiger partial charge is 0.223 e. The number of fused-ring (bicyclic) bond motifs is 1. The third-order valence-corrected chi connectivity index (χ3v) is 4.08. The average Bonchev–Trinajstić information content (AvgIpc) is 2.69. The Morgan fingerprint density at radius 3 is 2.52 bits per heavy atom. The summed E-state index contributed by atoms with van der Waals surface area (Å²) in [5.74, 6) is 0.649. The van der Waals surface area contributed by atoms with E-state index >= 15 is 0 Å². The van der Waals surface area contributed by atoms with Crippen LogP contribution in [0.3, 0.4) is 0 Å². The molecule has 0 fully saturated rings. The highest BCUT2D eigenvalue weighted by molar-refractivity contribution is 5.84. The highest BCUT2D eigenvalue weighted by atomic mass is 15.1. The maximum atomic E-state index is 4.60. The summed E-state index contributed by atoms with van der Waals surface area (Å²) < 4.78 is 0. The first kappa shape index (κ1) is 15.3. The summed E-state index contributed by atoms with van der Waals surface area (Å²) in [6.45, 7) is 0.755. The van der Waals surface area contributed by atoms with Crippen LogP contribution in [0.5, 0.6) is 0 Å². The van der Waals surface area contributed by atoms with Crippen molar-refractivity contribution in [3.8, 4) is 11.1 Å². The van der Waals surface area contributed by atoms with Gasteiger partial charge in [0.1, 0.15) is 0 Å². The normalized spacial score (nSPS) is 10.7. The Morgan fingerprint density at radius 2 is 1.68 bits per heavy atom. The van der Waals surface area contributed by atoms with Gasteiger partial charge in [0.15, 0.2) is 0 Å². The van der Waals surface area contributed by atoms with Gasteiger partial charge in [-0.2, -0.15) is 0 Å². The second-order valence-corrected chi connectivity index (χ2v) is 5.83. The van der Waals surface area contributed by atoms with E-state index in [4.69, 9.17) is 0 Å². The molecule has 0 amide bonds. The monoisotopic (exact) mass is 326 g/mol. The van der Waals surface area contributed by atoms with Gasteiger partial charge in [0, 0.05) is 36.4 Å². The standard InChI is InChI=1S/C21H18N4/c1-2-6-16(7-3-1)17-9-10-20-18(14-17)15-24-21(25-20)23-13-11-19-8-4-5-12-22-19/h1-10,12,14-15H,11,13H2,(H,23,24,25). The zero-order valence-electron chi connectivity index (χ0n) is 13.8. The lowest BCUT2D eigenvalue weighted by atomic mass is 10.0. The molecular formula is C21H18N4. The van der Waals surface area contributed by atoms with E-state index in [1.54, 1.807) is 0 Å². The van der Waals surface area contributed by atoms with Crippen LogP contribution in [0.25, 0.3) is 22.0 Å². The lowest BCUT2D eigenvalue weighted by Crippen LogP contribution is -2.08. The fraction of sp³-hybridized carbons (Fsp3) is 0.0952. The van der Waals surface area contributed by atoms with Gasteiger partial charge in [-0.05, 0) is 35.4 Å². The lowest BCUT2D eigenvalue weighted by Gasteiger charge is -2.07. The number of aromatic nitrogens is 3. The van der Waals surface area contributed by atoms with Gasteiger partial charge in [-0.1, -0.05) is 42.5 Å². The number of nitrogens with one attached hydrogen (secondary N) is 1. The third-order valence-electron chi connectivity index (χ3n) is 4.08. The van der Waals surface area contributed by atoms with Gasteiger partial charge in [0.05, 0.1) is 5.52 Å². The van der Waals surface area contributed by atoms with E-state index in [2.05, 4.69) is 44.5 Å². The molecule has 25 heavy (non-hydrogen) atoms. The Balaban J connectivity index is 1.49. The van der Waals surface area contributed by atoms with E-state index in [1.165, 1.54) is 11.1 Å². The predicted molar refractivity (Wildman–Crippen MR) is 101 cm³/mol. The maximum absolute atomic E-state index is 4.60. The second-order valence-electron chi connectivity index (χ2n) is 5.83. The SMILES string of the molecule is c1ccc(-c2ccc3nc(NCCc4ccccn4)ncc3c2)cc1. The zero-order chi connectivity index (χ0) is 16.9. The fourth-order valence-electron chi connectivity index (χ4n) is 2.78. The lowest BCUT2D eigenvalue weighted by molar-refractivity contribution is 0.945. The number of hydrogen-bond acceptors (Lipinski definition) is 4. The molecule has 2 heterocycles. The van der Waals surface area contributed by atoms with Crippen LogP contribution in [-0.2, 0) is 6.42 Å².